The van der Waals surface area contributed by atoms with E-state index in [1.165, 1.54) is 0 Å². The molecule has 0 atom stereocenters. The van der Waals surface area contributed by atoms with Gasteiger partial charge in [-0.05, 0) is 46.9 Å². The van der Waals surface area contributed by atoms with Crippen LogP contribution in [0.15, 0.2) is 78.9 Å². The van der Waals surface area contributed by atoms with Crippen molar-refractivity contribution in [2.45, 2.75) is 19.8 Å². The molecule has 27 heavy (non-hydrogen) atoms. The van der Waals surface area contributed by atoms with Crippen LogP contribution in [0.4, 0.5) is 0 Å². The van der Waals surface area contributed by atoms with Gasteiger partial charge >= 0.3 is 0 Å². The fourth-order valence-electron chi connectivity index (χ4n) is 2.72. The number of hydrazine groups is 1. The number of rotatable bonds is 4. The van der Waals surface area contributed by atoms with Crippen LogP contribution in [0.5, 0.6) is 0 Å². The fraction of sp³-hybridized carbons (Fsp3) is 0.130. The molecule has 136 valence electrons. The van der Waals surface area contributed by atoms with E-state index in [4.69, 9.17) is 0 Å². The van der Waals surface area contributed by atoms with Crippen LogP contribution >= 0.6 is 0 Å². The molecule has 4 nitrogen and oxygen atoms in total. The Morgan fingerprint density at radius 3 is 1.56 bits per heavy atom. The highest BCUT2D eigenvalue weighted by molar-refractivity contribution is 5.99. The molecule has 3 rings (SSSR count). The largest absolute Gasteiger partial charge is 0.269 e. The van der Waals surface area contributed by atoms with Crippen molar-refractivity contribution in [3.8, 4) is 11.1 Å². The monoisotopic (exact) mass is 358 g/mol. The second-order valence-electron chi connectivity index (χ2n) is 6.63. The topological polar surface area (TPSA) is 58.2 Å². The van der Waals surface area contributed by atoms with Gasteiger partial charge in [-0.2, -0.15) is 0 Å². The third-order valence-electron chi connectivity index (χ3n) is 4.38. The Labute approximate surface area is 159 Å². The maximum atomic E-state index is 12.2. The molecule has 0 saturated heterocycles. The van der Waals surface area contributed by atoms with Crippen molar-refractivity contribution in [3.05, 3.63) is 95.6 Å². The molecule has 0 unspecified atom stereocenters. The second-order valence-corrected chi connectivity index (χ2v) is 6.63. The van der Waals surface area contributed by atoms with E-state index in [1.807, 2.05) is 54.6 Å². The van der Waals surface area contributed by atoms with Gasteiger partial charge in [0.2, 0.25) is 0 Å². The first kappa shape index (κ1) is 18.4. The Morgan fingerprint density at radius 2 is 1.07 bits per heavy atom. The predicted octanol–water partition coefficient (Wildman–Crippen LogP) is 4.55. The van der Waals surface area contributed by atoms with Gasteiger partial charge < -0.3 is 0 Å². The summed E-state index contributed by atoms with van der Waals surface area (Å²) in [7, 11) is 0. The van der Waals surface area contributed by atoms with E-state index in [2.05, 4.69) is 24.7 Å². The first-order valence-corrected chi connectivity index (χ1v) is 8.91. The number of benzene rings is 3. The molecule has 0 radical (unpaired) electrons. The summed E-state index contributed by atoms with van der Waals surface area (Å²) in [6.07, 6.45) is 0. The number of carbonyl (C=O) groups is 2. The number of carbonyl (C=O) groups excluding carboxylic acids is 2. The van der Waals surface area contributed by atoms with Gasteiger partial charge in [-0.1, -0.05) is 68.4 Å². The van der Waals surface area contributed by atoms with Crippen molar-refractivity contribution in [3.63, 3.8) is 0 Å². The van der Waals surface area contributed by atoms with Crippen molar-refractivity contribution >= 4 is 11.8 Å². The normalized spacial score (nSPS) is 10.5. The molecule has 0 heterocycles. The summed E-state index contributed by atoms with van der Waals surface area (Å²) < 4.78 is 0. The number of hydrogen-bond donors (Lipinski definition) is 2. The van der Waals surface area contributed by atoms with Crippen LogP contribution in [0.1, 0.15) is 46.0 Å². The Hall–Kier alpha value is -3.40. The van der Waals surface area contributed by atoms with Crippen molar-refractivity contribution in [2.24, 2.45) is 0 Å². The molecule has 4 heteroatoms. The van der Waals surface area contributed by atoms with Crippen molar-refractivity contribution in [1.82, 2.24) is 10.9 Å². The zero-order valence-electron chi connectivity index (χ0n) is 15.4. The predicted molar refractivity (Wildman–Crippen MR) is 107 cm³/mol. The van der Waals surface area contributed by atoms with Gasteiger partial charge in [0, 0.05) is 11.1 Å². The van der Waals surface area contributed by atoms with E-state index in [-0.39, 0.29) is 11.8 Å². The molecule has 0 bridgehead atoms. The molecule has 0 aliphatic rings. The lowest BCUT2D eigenvalue weighted by Gasteiger charge is -2.09. The molecule has 0 aromatic heterocycles. The van der Waals surface area contributed by atoms with Gasteiger partial charge in [0.25, 0.3) is 11.8 Å². The summed E-state index contributed by atoms with van der Waals surface area (Å²) in [6, 6.07) is 24.5. The van der Waals surface area contributed by atoms with E-state index in [0.29, 0.717) is 17.0 Å². The molecule has 2 amide bonds. The van der Waals surface area contributed by atoms with Crippen LogP contribution in [0.3, 0.4) is 0 Å². The second kappa shape index (κ2) is 8.32. The first-order chi connectivity index (χ1) is 13.0. The highest BCUT2D eigenvalue weighted by Gasteiger charge is 2.10. The van der Waals surface area contributed by atoms with Gasteiger partial charge in [-0.25, -0.2) is 0 Å². The molecule has 2 N–H and O–H groups in total. The molecule has 0 aliphatic heterocycles. The van der Waals surface area contributed by atoms with E-state index >= 15 is 0 Å². The quantitative estimate of drug-likeness (QED) is 0.672. The first-order valence-electron chi connectivity index (χ1n) is 8.91. The van der Waals surface area contributed by atoms with Crippen LogP contribution in [-0.2, 0) is 0 Å². The molecular weight excluding hydrogens is 336 g/mol. The molecule has 0 spiro atoms. The highest BCUT2D eigenvalue weighted by atomic mass is 16.2. The Balaban J connectivity index is 1.59. The third kappa shape index (κ3) is 4.61. The van der Waals surface area contributed by atoms with Crippen LogP contribution in [0.2, 0.25) is 0 Å². The fourth-order valence-corrected chi connectivity index (χ4v) is 2.72. The molecule has 0 saturated carbocycles. The van der Waals surface area contributed by atoms with Gasteiger partial charge in [0.15, 0.2) is 0 Å². The zero-order valence-corrected chi connectivity index (χ0v) is 15.4. The molecular formula is C23H22N2O2. The lowest BCUT2D eigenvalue weighted by Crippen LogP contribution is -2.41. The highest BCUT2D eigenvalue weighted by Crippen LogP contribution is 2.19. The summed E-state index contributed by atoms with van der Waals surface area (Å²) in [5.74, 6) is -0.304. The number of nitrogens with one attached hydrogen (secondary N) is 2. The zero-order chi connectivity index (χ0) is 19.2. The number of amides is 2. The molecule has 0 aliphatic carbocycles. The summed E-state index contributed by atoms with van der Waals surface area (Å²) in [4.78, 5) is 24.4. The SMILES string of the molecule is CC(C)c1ccc(C(=O)NNC(=O)c2ccc(-c3ccccc3)cc2)cc1. The van der Waals surface area contributed by atoms with Crippen molar-refractivity contribution in [1.29, 1.82) is 0 Å². The summed E-state index contributed by atoms with van der Waals surface area (Å²) in [5, 5.41) is 0. The van der Waals surface area contributed by atoms with E-state index in [1.54, 1.807) is 24.3 Å². The van der Waals surface area contributed by atoms with Crippen molar-refractivity contribution in [2.75, 3.05) is 0 Å². The van der Waals surface area contributed by atoms with Crippen molar-refractivity contribution < 1.29 is 9.59 Å². The lowest BCUT2D eigenvalue weighted by molar-refractivity contribution is 0.0846. The maximum absolute atomic E-state index is 12.2. The minimum absolute atomic E-state index is 0.348. The Kier molecular flexibility index (Phi) is 5.67. The smallest absolute Gasteiger partial charge is 0.267 e. The minimum Gasteiger partial charge on any atom is -0.267 e. The van der Waals surface area contributed by atoms with Gasteiger partial charge in [0.1, 0.15) is 0 Å². The lowest BCUT2D eigenvalue weighted by atomic mass is 10.0. The summed E-state index contributed by atoms with van der Waals surface area (Å²) in [6.45, 7) is 4.19. The standard InChI is InChI=1S/C23H22N2O2/c1-16(2)17-8-12-20(13-9-17)22(26)24-25-23(27)21-14-10-19(11-15-21)18-6-4-3-5-7-18/h3-16H,1-2H3,(H,24,26)(H,25,27). The molecule has 0 fully saturated rings. The van der Waals surface area contributed by atoms with Gasteiger partial charge in [-0.15, -0.1) is 0 Å². The average Bonchev–Trinajstić information content (AvgIpc) is 2.72. The minimum atomic E-state index is -0.359. The van der Waals surface area contributed by atoms with E-state index in [0.717, 1.165) is 16.7 Å². The average molecular weight is 358 g/mol. The van der Waals surface area contributed by atoms with Crippen LogP contribution < -0.4 is 10.9 Å². The Bertz CT molecular complexity index is 915. The van der Waals surface area contributed by atoms with Gasteiger partial charge in [-0.3, -0.25) is 20.4 Å². The van der Waals surface area contributed by atoms with Crippen LogP contribution in [0, 0.1) is 0 Å². The summed E-state index contributed by atoms with van der Waals surface area (Å²) in [5.41, 5.74) is 9.16. The van der Waals surface area contributed by atoms with Crippen LogP contribution in [0.25, 0.3) is 11.1 Å². The molecule has 3 aromatic rings. The summed E-state index contributed by atoms with van der Waals surface area (Å²) >= 11 is 0. The van der Waals surface area contributed by atoms with Gasteiger partial charge in [0.05, 0.1) is 0 Å². The van der Waals surface area contributed by atoms with E-state index in [9.17, 15) is 9.59 Å². The molecule has 3 aromatic carbocycles. The Morgan fingerprint density at radius 1 is 0.630 bits per heavy atom. The third-order valence-corrected chi connectivity index (χ3v) is 4.38. The maximum Gasteiger partial charge on any atom is 0.269 e. The number of hydrogen-bond acceptors (Lipinski definition) is 2. The van der Waals surface area contributed by atoms with Crippen LogP contribution in [-0.4, -0.2) is 11.8 Å². The van der Waals surface area contributed by atoms with E-state index < -0.39 is 0 Å².